The Morgan fingerprint density at radius 2 is 1.21 bits per heavy atom. The van der Waals surface area contributed by atoms with Crippen LogP contribution in [0.2, 0.25) is 10.0 Å². The number of nitrogens with one attached hydrogen (secondary N) is 2. The maximum absolute atomic E-state index is 11.8. The van der Waals surface area contributed by atoms with Crippen molar-refractivity contribution in [2.45, 2.75) is 20.3 Å². The van der Waals surface area contributed by atoms with Crippen molar-refractivity contribution in [2.75, 3.05) is 26.3 Å². The first-order valence-corrected chi connectivity index (χ1v) is 9.92. The van der Waals surface area contributed by atoms with E-state index >= 15 is 0 Å². The summed E-state index contributed by atoms with van der Waals surface area (Å²) in [5.41, 5.74) is 1.73. The van der Waals surface area contributed by atoms with Gasteiger partial charge in [0.15, 0.2) is 13.2 Å². The first kappa shape index (κ1) is 22.8. The molecular weight excluding hydrogens is 415 g/mol. The molecule has 0 aliphatic rings. The second-order valence-electron chi connectivity index (χ2n) is 6.45. The van der Waals surface area contributed by atoms with E-state index in [0.717, 1.165) is 11.1 Å². The van der Waals surface area contributed by atoms with Crippen LogP contribution in [0.5, 0.6) is 11.5 Å². The molecule has 0 aliphatic heterocycles. The molecule has 2 aromatic rings. The molecule has 0 radical (unpaired) electrons. The van der Waals surface area contributed by atoms with Gasteiger partial charge in [-0.1, -0.05) is 23.2 Å². The van der Waals surface area contributed by atoms with Gasteiger partial charge in [0.1, 0.15) is 11.5 Å². The van der Waals surface area contributed by atoms with Crippen LogP contribution in [0.15, 0.2) is 36.4 Å². The van der Waals surface area contributed by atoms with Crippen molar-refractivity contribution < 1.29 is 19.1 Å². The molecule has 6 nitrogen and oxygen atoms in total. The lowest BCUT2D eigenvalue weighted by atomic mass is 10.2. The molecule has 0 saturated carbocycles. The minimum absolute atomic E-state index is 0.0802. The molecule has 2 amide bonds. The number of halogens is 2. The number of hydrogen-bond donors (Lipinski definition) is 2. The Bertz CT molecular complexity index is 789. The predicted molar refractivity (Wildman–Crippen MR) is 114 cm³/mol. The third-order valence-corrected chi connectivity index (χ3v) is 4.46. The van der Waals surface area contributed by atoms with Gasteiger partial charge in [0.05, 0.1) is 0 Å². The number of benzene rings is 2. The van der Waals surface area contributed by atoms with E-state index in [4.69, 9.17) is 32.7 Å². The Morgan fingerprint density at radius 3 is 1.59 bits per heavy atom. The minimum Gasteiger partial charge on any atom is -0.484 e. The zero-order valence-electron chi connectivity index (χ0n) is 16.4. The summed E-state index contributed by atoms with van der Waals surface area (Å²) in [7, 11) is 0. The van der Waals surface area contributed by atoms with E-state index in [1.165, 1.54) is 0 Å². The lowest BCUT2D eigenvalue weighted by Gasteiger charge is -2.11. The zero-order chi connectivity index (χ0) is 21.2. The number of carbonyl (C=O) groups is 2. The fourth-order valence-electron chi connectivity index (χ4n) is 2.48. The van der Waals surface area contributed by atoms with Crippen LogP contribution in [0, 0.1) is 13.8 Å². The fourth-order valence-corrected chi connectivity index (χ4v) is 2.94. The van der Waals surface area contributed by atoms with Crippen LogP contribution in [-0.4, -0.2) is 38.1 Å². The maximum Gasteiger partial charge on any atom is 0.257 e. The van der Waals surface area contributed by atoms with Crippen molar-refractivity contribution in [3.8, 4) is 11.5 Å². The van der Waals surface area contributed by atoms with Gasteiger partial charge in [-0.2, -0.15) is 0 Å². The Labute approximate surface area is 180 Å². The van der Waals surface area contributed by atoms with Crippen molar-refractivity contribution in [1.82, 2.24) is 10.6 Å². The summed E-state index contributed by atoms with van der Waals surface area (Å²) in [6, 6.07) is 10.4. The monoisotopic (exact) mass is 438 g/mol. The summed E-state index contributed by atoms with van der Waals surface area (Å²) in [4.78, 5) is 23.7. The normalized spacial score (nSPS) is 10.3. The van der Waals surface area contributed by atoms with Gasteiger partial charge in [0, 0.05) is 23.1 Å². The molecule has 0 unspecified atom stereocenters. The second-order valence-corrected chi connectivity index (χ2v) is 7.32. The average Bonchev–Trinajstić information content (AvgIpc) is 2.66. The van der Waals surface area contributed by atoms with E-state index in [-0.39, 0.29) is 25.0 Å². The quantitative estimate of drug-likeness (QED) is 0.554. The molecular formula is C21H24Cl2N2O4. The van der Waals surface area contributed by atoms with Crippen LogP contribution in [0.4, 0.5) is 0 Å². The van der Waals surface area contributed by atoms with Gasteiger partial charge in [0.2, 0.25) is 0 Å². The number of hydrogen-bond acceptors (Lipinski definition) is 4. The molecule has 29 heavy (non-hydrogen) atoms. The van der Waals surface area contributed by atoms with E-state index in [1.807, 2.05) is 13.8 Å². The highest BCUT2D eigenvalue weighted by Gasteiger charge is 2.07. The number of carbonyl (C=O) groups excluding carboxylic acids is 2. The molecule has 2 aromatic carbocycles. The predicted octanol–water partition coefficient (Wildman–Crippen LogP) is 3.69. The summed E-state index contributed by atoms with van der Waals surface area (Å²) in [5, 5.41) is 6.73. The van der Waals surface area contributed by atoms with Gasteiger partial charge in [-0.15, -0.1) is 0 Å². The summed E-state index contributed by atoms with van der Waals surface area (Å²) in [6.45, 7) is 4.42. The third-order valence-electron chi connectivity index (χ3n) is 3.99. The van der Waals surface area contributed by atoms with Gasteiger partial charge in [-0.3, -0.25) is 9.59 Å². The summed E-state index contributed by atoms with van der Waals surface area (Å²) < 4.78 is 10.9. The summed E-state index contributed by atoms with van der Waals surface area (Å²) >= 11 is 11.8. The van der Waals surface area contributed by atoms with Crippen molar-refractivity contribution in [1.29, 1.82) is 0 Å². The van der Waals surface area contributed by atoms with Crippen LogP contribution in [0.25, 0.3) is 0 Å². The molecule has 0 spiro atoms. The molecule has 0 atom stereocenters. The number of aryl methyl sites for hydroxylation is 2. The third kappa shape index (κ3) is 8.21. The highest BCUT2D eigenvalue weighted by molar-refractivity contribution is 6.31. The van der Waals surface area contributed by atoms with Crippen molar-refractivity contribution in [3.05, 3.63) is 57.6 Å². The van der Waals surface area contributed by atoms with E-state index in [0.29, 0.717) is 41.1 Å². The standard InChI is InChI=1S/C21H24Cl2N2O4/c1-14-10-16(22)4-6-18(14)28-12-20(26)24-8-3-9-25-21(27)13-29-19-7-5-17(23)11-15(19)2/h4-7,10-11H,3,8-9,12-13H2,1-2H3,(H,24,26)(H,25,27). The molecule has 0 aromatic heterocycles. The van der Waals surface area contributed by atoms with Gasteiger partial charge in [0.25, 0.3) is 11.8 Å². The molecule has 8 heteroatoms. The Kier molecular flexibility index (Phi) is 9.09. The zero-order valence-corrected chi connectivity index (χ0v) is 17.9. The highest BCUT2D eigenvalue weighted by atomic mass is 35.5. The highest BCUT2D eigenvalue weighted by Crippen LogP contribution is 2.22. The number of ether oxygens (including phenoxy) is 2. The summed E-state index contributed by atoms with van der Waals surface area (Å²) in [5.74, 6) is 0.778. The Balaban J connectivity index is 1.56. The van der Waals surface area contributed by atoms with Crippen molar-refractivity contribution >= 4 is 35.0 Å². The van der Waals surface area contributed by atoms with E-state index < -0.39 is 0 Å². The van der Waals surface area contributed by atoms with Gasteiger partial charge < -0.3 is 20.1 Å². The maximum atomic E-state index is 11.8. The molecule has 0 aliphatic carbocycles. The van der Waals surface area contributed by atoms with Crippen LogP contribution in [-0.2, 0) is 9.59 Å². The smallest absolute Gasteiger partial charge is 0.257 e. The average molecular weight is 439 g/mol. The van der Waals surface area contributed by atoms with E-state index in [1.54, 1.807) is 36.4 Å². The van der Waals surface area contributed by atoms with Gasteiger partial charge in [-0.25, -0.2) is 0 Å². The molecule has 2 rings (SSSR count). The Morgan fingerprint density at radius 1 is 0.793 bits per heavy atom. The number of amides is 2. The van der Waals surface area contributed by atoms with E-state index in [2.05, 4.69) is 10.6 Å². The van der Waals surface area contributed by atoms with Crippen molar-refractivity contribution in [2.24, 2.45) is 0 Å². The molecule has 0 fully saturated rings. The van der Waals surface area contributed by atoms with Gasteiger partial charge >= 0.3 is 0 Å². The van der Waals surface area contributed by atoms with Crippen LogP contribution in [0.1, 0.15) is 17.5 Å². The van der Waals surface area contributed by atoms with Crippen molar-refractivity contribution in [3.63, 3.8) is 0 Å². The summed E-state index contributed by atoms with van der Waals surface area (Å²) in [6.07, 6.45) is 0.595. The number of rotatable bonds is 10. The van der Waals surface area contributed by atoms with Crippen LogP contribution in [0.3, 0.4) is 0 Å². The lowest BCUT2D eigenvalue weighted by molar-refractivity contribution is -0.123. The van der Waals surface area contributed by atoms with Gasteiger partial charge in [-0.05, 0) is 67.8 Å². The lowest BCUT2D eigenvalue weighted by Crippen LogP contribution is -2.34. The molecule has 2 N–H and O–H groups in total. The van der Waals surface area contributed by atoms with Crippen LogP contribution >= 0.6 is 23.2 Å². The fraction of sp³-hybridized carbons (Fsp3) is 0.333. The topological polar surface area (TPSA) is 76.7 Å². The van der Waals surface area contributed by atoms with E-state index in [9.17, 15) is 9.59 Å². The molecule has 0 heterocycles. The Hall–Kier alpha value is -2.44. The second kappa shape index (κ2) is 11.5. The first-order chi connectivity index (χ1) is 13.8. The molecule has 0 bridgehead atoms. The molecule has 0 saturated heterocycles. The largest absolute Gasteiger partial charge is 0.484 e. The minimum atomic E-state index is -0.229. The SMILES string of the molecule is Cc1cc(Cl)ccc1OCC(=O)NCCCNC(=O)COc1ccc(Cl)cc1C. The molecule has 156 valence electrons. The first-order valence-electron chi connectivity index (χ1n) is 9.16. The van der Waals surface area contributed by atoms with Crippen LogP contribution < -0.4 is 20.1 Å².